The van der Waals surface area contributed by atoms with E-state index in [0.717, 1.165) is 44.8 Å². The van der Waals surface area contributed by atoms with Gasteiger partial charge in [-0.25, -0.2) is 0 Å². The number of hydrogen-bond donors (Lipinski definition) is 0. The van der Waals surface area contributed by atoms with Crippen molar-refractivity contribution in [1.82, 2.24) is 9.80 Å². The maximum atomic E-state index is 13.0. The van der Waals surface area contributed by atoms with Gasteiger partial charge in [0.05, 0.1) is 16.7 Å². The summed E-state index contributed by atoms with van der Waals surface area (Å²) in [6.45, 7) is 2.94. The smallest absolute Gasteiger partial charge is 0.369 e. The number of nitrogens with zero attached hydrogens (tertiary/aromatic N) is 3. The first-order valence-corrected chi connectivity index (χ1v) is 11.5. The molecule has 0 spiro atoms. The standard InChI is InChI=1S/C25H26F3N3O2/c26-25(27,28)17-4-3-5-20(16-17)30-14-12-29(13-15-30)18-8-10-19(11-9-18)31-23(32)21-6-1-2-7-22(21)24(31)33/h1-7,16,18-19H,8-15H2. The van der Waals surface area contributed by atoms with Gasteiger partial charge >= 0.3 is 6.18 Å². The normalized spacial score (nSPS) is 24.3. The lowest BCUT2D eigenvalue weighted by Crippen LogP contribution is -2.52. The van der Waals surface area contributed by atoms with Crippen LogP contribution < -0.4 is 4.90 Å². The van der Waals surface area contributed by atoms with Crippen molar-refractivity contribution >= 4 is 17.5 Å². The van der Waals surface area contributed by atoms with Crippen molar-refractivity contribution in [3.8, 4) is 0 Å². The first-order valence-electron chi connectivity index (χ1n) is 11.5. The molecule has 0 aromatic heterocycles. The second-order valence-corrected chi connectivity index (χ2v) is 9.06. The molecule has 2 aromatic carbocycles. The van der Waals surface area contributed by atoms with Gasteiger partial charge in [-0.2, -0.15) is 13.2 Å². The number of carbonyl (C=O) groups is 2. The van der Waals surface area contributed by atoms with Crippen LogP contribution in [0.1, 0.15) is 52.0 Å². The molecule has 0 bridgehead atoms. The van der Waals surface area contributed by atoms with Gasteiger partial charge in [0.1, 0.15) is 0 Å². The maximum Gasteiger partial charge on any atom is 0.416 e. The van der Waals surface area contributed by atoms with E-state index in [-0.39, 0.29) is 17.9 Å². The third-order valence-corrected chi connectivity index (χ3v) is 7.23. The van der Waals surface area contributed by atoms with Crippen LogP contribution in [0.2, 0.25) is 0 Å². The molecule has 5 rings (SSSR count). The minimum absolute atomic E-state index is 0.0694. The Morgan fingerprint density at radius 3 is 1.88 bits per heavy atom. The first-order chi connectivity index (χ1) is 15.8. The van der Waals surface area contributed by atoms with E-state index < -0.39 is 11.7 Å². The zero-order valence-electron chi connectivity index (χ0n) is 18.2. The van der Waals surface area contributed by atoms with E-state index in [9.17, 15) is 22.8 Å². The van der Waals surface area contributed by atoms with E-state index in [2.05, 4.69) is 4.90 Å². The number of imide groups is 1. The molecular weight excluding hydrogens is 431 g/mol. The number of rotatable bonds is 3. The van der Waals surface area contributed by atoms with Crippen LogP contribution in [-0.2, 0) is 6.18 Å². The molecule has 0 radical (unpaired) electrons. The van der Waals surface area contributed by atoms with Crippen LogP contribution in [0.25, 0.3) is 0 Å². The van der Waals surface area contributed by atoms with Crippen LogP contribution in [0.3, 0.4) is 0 Å². The minimum Gasteiger partial charge on any atom is -0.369 e. The summed E-state index contributed by atoms with van der Waals surface area (Å²) in [7, 11) is 0. The van der Waals surface area contributed by atoms with Crippen LogP contribution in [-0.4, -0.2) is 59.9 Å². The number of amides is 2. The Kier molecular flexibility index (Phi) is 5.64. The molecule has 1 saturated heterocycles. The topological polar surface area (TPSA) is 43.9 Å². The second kappa shape index (κ2) is 8.48. The lowest BCUT2D eigenvalue weighted by Gasteiger charge is -2.43. The quantitative estimate of drug-likeness (QED) is 0.640. The summed E-state index contributed by atoms with van der Waals surface area (Å²) in [5.74, 6) is -0.373. The summed E-state index contributed by atoms with van der Waals surface area (Å²) in [6, 6.07) is 12.8. The predicted octanol–water partition coefficient (Wildman–Crippen LogP) is 4.43. The molecule has 0 unspecified atom stereocenters. The average Bonchev–Trinajstić information content (AvgIpc) is 3.09. The van der Waals surface area contributed by atoms with Crippen molar-refractivity contribution in [2.45, 2.75) is 43.9 Å². The third kappa shape index (κ3) is 4.12. The highest BCUT2D eigenvalue weighted by Crippen LogP contribution is 2.34. The Morgan fingerprint density at radius 2 is 1.30 bits per heavy atom. The van der Waals surface area contributed by atoms with Crippen molar-refractivity contribution in [2.24, 2.45) is 0 Å². The van der Waals surface area contributed by atoms with Gasteiger partial charge in [-0.1, -0.05) is 18.2 Å². The highest BCUT2D eigenvalue weighted by molar-refractivity contribution is 6.21. The SMILES string of the molecule is O=C1c2ccccc2C(=O)N1C1CCC(N2CCN(c3cccc(C(F)(F)F)c3)CC2)CC1. The molecule has 1 aliphatic carbocycles. The number of halogens is 3. The third-order valence-electron chi connectivity index (χ3n) is 7.23. The molecule has 2 aromatic rings. The van der Waals surface area contributed by atoms with Crippen molar-refractivity contribution in [2.75, 3.05) is 31.1 Å². The second-order valence-electron chi connectivity index (χ2n) is 9.06. The number of carbonyl (C=O) groups excluding carboxylic acids is 2. The van der Waals surface area contributed by atoms with Crippen LogP contribution in [0, 0.1) is 0 Å². The maximum absolute atomic E-state index is 13.0. The van der Waals surface area contributed by atoms with Crippen LogP contribution in [0.15, 0.2) is 48.5 Å². The summed E-state index contributed by atoms with van der Waals surface area (Å²) in [6.07, 6.45) is -0.965. The lowest BCUT2D eigenvalue weighted by molar-refractivity contribution is -0.137. The average molecular weight is 457 g/mol. The molecule has 2 aliphatic heterocycles. The Labute approximate surface area is 190 Å². The van der Waals surface area contributed by atoms with Gasteiger partial charge in [0.15, 0.2) is 0 Å². The summed E-state index contributed by atoms with van der Waals surface area (Å²) in [4.78, 5) is 31.4. The molecule has 0 atom stereocenters. The van der Waals surface area contributed by atoms with Crippen LogP contribution in [0.5, 0.6) is 0 Å². The molecule has 2 amide bonds. The van der Waals surface area contributed by atoms with Gasteiger partial charge in [-0.15, -0.1) is 0 Å². The van der Waals surface area contributed by atoms with Crippen molar-refractivity contribution in [3.05, 3.63) is 65.2 Å². The molecule has 8 heteroatoms. The van der Waals surface area contributed by atoms with E-state index in [1.54, 1.807) is 30.3 Å². The van der Waals surface area contributed by atoms with Crippen molar-refractivity contribution in [1.29, 1.82) is 0 Å². The summed E-state index contributed by atoms with van der Waals surface area (Å²) >= 11 is 0. The molecule has 1 saturated carbocycles. The number of alkyl halides is 3. The summed E-state index contributed by atoms with van der Waals surface area (Å²) < 4.78 is 39.1. The van der Waals surface area contributed by atoms with Gasteiger partial charge < -0.3 is 4.90 Å². The highest BCUT2D eigenvalue weighted by atomic mass is 19.4. The van der Waals surface area contributed by atoms with Gasteiger partial charge in [0.25, 0.3) is 11.8 Å². The number of piperazine rings is 1. The molecule has 3 aliphatic rings. The highest BCUT2D eigenvalue weighted by Gasteiger charge is 2.41. The fourth-order valence-corrected chi connectivity index (χ4v) is 5.45. The van der Waals surface area contributed by atoms with E-state index in [4.69, 9.17) is 0 Å². The van der Waals surface area contributed by atoms with E-state index in [1.807, 2.05) is 4.90 Å². The monoisotopic (exact) mass is 457 g/mol. The number of fused-ring (bicyclic) bond motifs is 1. The summed E-state index contributed by atoms with van der Waals surface area (Å²) in [5, 5.41) is 0. The van der Waals surface area contributed by atoms with E-state index >= 15 is 0 Å². The Morgan fingerprint density at radius 1 is 0.727 bits per heavy atom. The Bertz CT molecular complexity index is 1020. The fraction of sp³-hybridized carbons (Fsp3) is 0.440. The van der Waals surface area contributed by atoms with Gasteiger partial charge in [0, 0.05) is 44.0 Å². The van der Waals surface area contributed by atoms with E-state index in [0.29, 0.717) is 35.9 Å². The molecule has 33 heavy (non-hydrogen) atoms. The van der Waals surface area contributed by atoms with Crippen molar-refractivity contribution in [3.63, 3.8) is 0 Å². The zero-order chi connectivity index (χ0) is 23.2. The van der Waals surface area contributed by atoms with Crippen LogP contribution in [0.4, 0.5) is 18.9 Å². The number of anilines is 1. The van der Waals surface area contributed by atoms with Gasteiger partial charge in [0.2, 0.25) is 0 Å². The molecule has 2 heterocycles. The molecule has 2 fully saturated rings. The van der Waals surface area contributed by atoms with E-state index in [1.165, 1.54) is 17.0 Å². The molecular formula is C25H26F3N3O2. The Balaban J connectivity index is 1.16. The molecule has 5 nitrogen and oxygen atoms in total. The molecule has 0 N–H and O–H groups in total. The van der Waals surface area contributed by atoms with Gasteiger partial charge in [-0.05, 0) is 56.0 Å². The Hall–Kier alpha value is -2.87. The number of benzene rings is 2. The lowest BCUT2D eigenvalue weighted by atomic mass is 9.89. The van der Waals surface area contributed by atoms with Gasteiger partial charge in [-0.3, -0.25) is 19.4 Å². The molecule has 174 valence electrons. The van der Waals surface area contributed by atoms with Crippen LogP contribution >= 0.6 is 0 Å². The first kappa shape index (κ1) is 21.9. The predicted molar refractivity (Wildman–Crippen MR) is 118 cm³/mol. The largest absolute Gasteiger partial charge is 0.416 e. The minimum atomic E-state index is -4.34. The van der Waals surface area contributed by atoms with Crippen molar-refractivity contribution < 1.29 is 22.8 Å². The fourth-order valence-electron chi connectivity index (χ4n) is 5.45. The summed E-state index contributed by atoms with van der Waals surface area (Å²) in [5.41, 5.74) is 0.985. The number of hydrogen-bond acceptors (Lipinski definition) is 4. The zero-order valence-corrected chi connectivity index (χ0v) is 18.2.